The molecule has 1 heterocycles. The standard InChI is InChI=1S/C15H32N4S/c1-14(2)10-12(11-15(3,4)18-14)17-13(20)16-8-7-9-19(5)6/h12,18H,7-11H2,1-6H3,(H2,16,17,20)/p+2. The summed E-state index contributed by atoms with van der Waals surface area (Å²) in [6.07, 6.45) is 3.46. The maximum Gasteiger partial charge on any atom is 0.166 e. The maximum atomic E-state index is 5.42. The Bertz CT molecular complexity index is 310. The van der Waals surface area contributed by atoms with Gasteiger partial charge in [0.2, 0.25) is 0 Å². The molecule has 0 amide bonds. The molecule has 5 heteroatoms. The zero-order chi connectivity index (χ0) is 15.4. The molecule has 0 bridgehead atoms. The number of hydrogen-bond donors (Lipinski definition) is 4. The molecule has 0 aromatic carbocycles. The van der Waals surface area contributed by atoms with Gasteiger partial charge in [0.25, 0.3) is 0 Å². The Balaban J connectivity index is 2.34. The average molecular weight is 303 g/mol. The average Bonchev–Trinajstić information content (AvgIpc) is 2.19. The monoisotopic (exact) mass is 302 g/mol. The molecule has 0 unspecified atom stereocenters. The van der Waals surface area contributed by atoms with E-state index in [0.29, 0.717) is 6.04 Å². The van der Waals surface area contributed by atoms with Crippen LogP contribution in [0.5, 0.6) is 0 Å². The predicted octanol–water partition coefficient (Wildman–Crippen LogP) is -0.732. The molecule has 1 fully saturated rings. The molecule has 5 N–H and O–H groups in total. The second-order valence-electron chi connectivity index (χ2n) is 7.94. The van der Waals surface area contributed by atoms with Gasteiger partial charge in [-0.1, -0.05) is 0 Å². The molecule has 20 heavy (non-hydrogen) atoms. The van der Waals surface area contributed by atoms with Crippen molar-refractivity contribution in [2.45, 2.75) is 64.1 Å². The fraction of sp³-hybridized carbons (Fsp3) is 0.933. The number of nitrogens with one attached hydrogen (secondary N) is 3. The number of hydrogen-bond acceptors (Lipinski definition) is 1. The van der Waals surface area contributed by atoms with E-state index >= 15 is 0 Å². The number of quaternary nitrogens is 2. The lowest BCUT2D eigenvalue weighted by Crippen LogP contribution is -3.06. The normalized spacial score (nSPS) is 21.8. The molecule has 1 saturated heterocycles. The highest BCUT2D eigenvalue weighted by atomic mass is 32.1. The van der Waals surface area contributed by atoms with Crippen LogP contribution in [0.25, 0.3) is 0 Å². The first kappa shape index (κ1) is 17.7. The molecule has 0 aromatic rings. The topological polar surface area (TPSA) is 45.1 Å². The van der Waals surface area contributed by atoms with Gasteiger partial charge >= 0.3 is 0 Å². The minimum Gasteiger partial charge on any atom is -0.363 e. The summed E-state index contributed by atoms with van der Waals surface area (Å²) in [4.78, 5) is 1.48. The van der Waals surface area contributed by atoms with Crippen molar-refractivity contribution in [1.82, 2.24) is 10.6 Å². The van der Waals surface area contributed by atoms with Crippen LogP contribution < -0.4 is 20.9 Å². The minimum atomic E-state index is 0.281. The van der Waals surface area contributed by atoms with Crippen molar-refractivity contribution in [3.8, 4) is 0 Å². The summed E-state index contributed by atoms with van der Waals surface area (Å²) < 4.78 is 0. The zero-order valence-corrected chi connectivity index (χ0v) is 14.9. The van der Waals surface area contributed by atoms with Crippen LogP contribution in [0, 0.1) is 0 Å². The predicted molar refractivity (Wildman–Crippen MR) is 89.1 cm³/mol. The summed E-state index contributed by atoms with van der Waals surface area (Å²) in [5.41, 5.74) is 0.562. The van der Waals surface area contributed by atoms with E-state index in [4.69, 9.17) is 12.2 Å². The first-order valence-electron chi connectivity index (χ1n) is 7.80. The molecule has 0 aliphatic carbocycles. The molecular formula is C15H34N4S+2. The Labute approximate surface area is 130 Å². The van der Waals surface area contributed by atoms with Crippen LogP contribution in [0.3, 0.4) is 0 Å². The third-order valence-electron chi connectivity index (χ3n) is 3.80. The highest BCUT2D eigenvalue weighted by Crippen LogP contribution is 2.21. The van der Waals surface area contributed by atoms with Gasteiger partial charge < -0.3 is 20.9 Å². The van der Waals surface area contributed by atoms with Gasteiger partial charge in [0.1, 0.15) is 0 Å². The number of piperidine rings is 1. The summed E-state index contributed by atoms with van der Waals surface area (Å²) in [5.74, 6) is 0. The van der Waals surface area contributed by atoms with Gasteiger partial charge in [-0.3, -0.25) is 0 Å². The van der Waals surface area contributed by atoms with Crippen LogP contribution in [0.2, 0.25) is 0 Å². The smallest absolute Gasteiger partial charge is 0.166 e. The number of rotatable bonds is 5. The maximum absolute atomic E-state index is 5.42. The SMILES string of the molecule is C[NH+](C)CCCNC(=S)NC1CC(C)(C)[NH2+]C(C)(C)C1. The van der Waals surface area contributed by atoms with Gasteiger partial charge in [-0.05, 0) is 39.9 Å². The Morgan fingerprint density at radius 3 is 2.25 bits per heavy atom. The molecule has 0 radical (unpaired) electrons. The van der Waals surface area contributed by atoms with Gasteiger partial charge in [0.05, 0.1) is 31.7 Å². The molecule has 0 spiro atoms. The lowest BCUT2D eigenvalue weighted by molar-refractivity contribution is -0.858. The van der Waals surface area contributed by atoms with E-state index in [1.54, 1.807) is 0 Å². The number of thiocarbonyl (C=S) groups is 1. The molecule has 1 aliphatic heterocycles. The second kappa shape index (κ2) is 7.05. The fourth-order valence-electron chi connectivity index (χ4n) is 3.50. The van der Waals surface area contributed by atoms with Crippen LogP contribution in [0.1, 0.15) is 47.0 Å². The van der Waals surface area contributed by atoms with Gasteiger partial charge in [0.15, 0.2) is 5.11 Å². The van der Waals surface area contributed by atoms with E-state index in [2.05, 4.69) is 57.7 Å². The highest BCUT2D eigenvalue weighted by molar-refractivity contribution is 7.80. The quantitative estimate of drug-likeness (QED) is 0.400. The summed E-state index contributed by atoms with van der Waals surface area (Å²) in [7, 11) is 4.36. The highest BCUT2D eigenvalue weighted by Gasteiger charge is 2.41. The summed E-state index contributed by atoms with van der Waals surface area (Å²) >= 11 is 5.42. The minimum absolute atomic E-state index is 0.281. The van der Waals surface area contributed by atoms with Gasteiger partial charge in [-0.25, -0.2) is 0 Å². The van der Waals surface area contributed by atoms with Gasteiger partial charge in [0, 0.05) is 31.8 Å². The van der Waals surface area contributed by atoms with Gasteiger partial charge in [-0.2, -0.15) is 0 Å². The van der Waals surface area contributed by atoms with Crippen molar-refractivity contribution in [3.63, 3.8) is 0 Å². The van der Waals surface area contributed by atoms with Crippen molar-refractivity contribution in [2.24, 2.45) is 0 Å². The van der Waals surface area contributed by atoms with Crippen molar-refractivity contribution in [1.29, 1.82) is 0 Å². The van der Waals surface area contributed by atoms with Crippen LogP contribution in [0.4, 0.5) is 0 Å². The largest absolute Gasteiger partial charge is 0.363 e. The molecule has 0 saturated carbocycles. The van der Waals surface area contributed by atoms with Crippen molar-refractivity contribution in [2.75, 3.05) is 27.2 Å². The molecule has 118 valence electrons. The molecule has 4 nitrogen and oxygen atoms in total. The molecule has 0 atom stereocenters. The van der Waals surface area contributed by atoms with E-state index in [-0.39, 0.29) is 11.1 Å². The van der Waals surface area contributed by atoms with Crippen molar-refractivity contribution < 1.29 is 10.2 Å². The fourth-order valence-corrected chi connectivity index (χ4v) is 3.77. The first-order valence-corrected chi connectivity index (χ1v) is 8.21. The van der Waals surface area contributed by atoms with Crippen LogP contribution in [-0.4, -0.2) is 49.4 Å². The third kappa shape index (κ3) is 6.86. The Morgan fingerprint density at radius 1 is 1.20 bits per heavy atom. The van der Waals surface area contributed by atoms with E-state index in [0.717, 1.165) is 30.9 Å². The van der Waals surface area contributed by atoms with Crippen LogP contribution in [0.15, 0.2) is 0 Å². The Hall–Kier alpha value is -0.390. The Morgan fingerprint density at radius 2 is 1.75 bits per heavy atom. The van der Waals surface area contributed by atoms with E-state index in [1.165, 1.54) is 11.4 Å². The zero-order valence-electron chi connectivity index (χ0n) is 14.1. The van der Waals surface area contributed by atoms with E-state index in [9.17, 15) is 0 Å². The molecule has 1 rings (SSSR count). The third-order valence-corrected chi connectivity index (χ3v) is 4.06. The lowest BCUT2D eigenvalue weighted by Gasteiger charge is -2.43. The first-order chi connectivity index (χ1) is 9.10. The van der Waals surface area contributed by atoms with Crippen LogP contribution in [-0.2, 0) is 0 Å². The summed E-state index contributed by atoms with van der Waals surface area (Å²) in [5, 5.41) is 10.2. The molecule has 0 aromatic heterocycles. The number of nitrogens with two attached hydrogens (primary N) is 1. The Kier molecular flexibility index (Phi) is 6.23. The van der Waals surface area contributed by atoms with Crippen molar-refractivity contribution in [3.05, 3.63) is 0 Å². The summed E-state index contributed by atoms with van der Waals surface area (Å²) in [6.45, 7) is 11.4. The molecule has 1 aliphatic rings. The van der Waals surface area contributed by atoms with Crippen molar-refractivity contribution >= 4 is 17.3 Å². The van der Waals surface area contributed by atoms with E-state index < -0.39 is 0 Å². The summed E-state index contributed by atoms with van der Waals surface area (Å²) in [6, 6.07) is 0.476. The van der Waals surface area contributed by atoms with Crippen LogP contribution >= 0.6 is 12.2 Å². The van der Waals surface area contributed by atoms with Gasteiger partial charge in [-0.15, -0.1) is 0 Å². The van der Waals surface area contributed by atoms with E-state index in [1.807, 2.05) is 0 Å². The molecular weight excluding hydrogens is 268 g/mol. The lowest BCUT2D eigenvalue weighted by atomic mass is 9.80. The second-order valence-corrected chi connectivity index (χ2v) is 8.35.